The van der Waals surface area contributed by atoms with Gasteiger partial charge in [0.05, 0.1) is 5.56 Å². The molecule has 3 aromatic rings. The van der Waals surface area contributed by atoms with Crippen LogP contribution in [-0.4, -0.2) is 34.4 Å². The lowest BCUT2D eigenvalue weighted by molar-refractivity contribution is 0.0796. The Morgan fingerprint density at radius 3 is 2.50 bits per heavy atom. The van der Waals surface area contributed by atoms with Gasteiger partial charge in [-0.2, -0.15) is 0 Å². The van der Waals surface area contributed by atoms with E-state index in [2.05, 4.69) is 9.97 Å². The fraction of sp³-hybridized carbons (Fsp3) is 0.190. The average Bonchev–Trinajstić information content (AvgIpc) is 2.72. The first kappa shape index (κ1) is 17.6. The quantitative estimate of drug-likeness (QED) is 0.657. The third-order valence-corrected chi connectivity index (χ3v) is 3.99. The molecule has 1 amide bonds. The monoisotopic (exact) mass is 347 g/mol. The summed E-state index contributed by atoms with van der Waals surface area (Å²) in [5.74, 6) is 0.435. The van der Waals surface area contributed by atoms with Crippen molar-refractivity contribution >= 4 is 5.91 Å². The number of rotatable bonds is 7. The fourth-order valence-corrected chi connectivity index (χ4v) is 2.47. The molecule has 3 rings (SSSR count). The molecule has 1 aromatic carbocycles. The van der Waals surface area contributed by atoms with Crippen molar-refractivity contribution in [3.05, 3.63) is 89.9 Å². The molecule has 0 aliphatic carbocycles. The highest BCUT2D eigenvalue weighted by atomic mass is 16.5. The Hall–Kier alpha value is -3.21. The number of likely N-dealkylation sites (N-methyl/N-ethyl adjacent to an activating group) is 1. The molecule has 0 bridgehead atoms. The molecule has 0 saturated heterocycles. The molecule has 0 atom stereocenters. The van der Waals surface area contributed by atoms with E-state index in [0.717, 1.165) is 17.7 Å². The zero-order valence-corrected chi connectivity index (χ0v) is 14.7. The number of aromatic nitrogens is 2. The lowest BCUT2D eigenvalue weighted by Crippen LogP contribution is -2.29. The molecule has 2 aromatic heterocycles. The third kappa shape index (κ3) is 4.89. The molecule has 0 spiro atoms. The van der Waals surface area contributed by atoms with Gasteiger partial charge >= 0.3 is 0 Å². The fourth-order valence-electron chi connectivity index (χ4n) is 2.47. The van der Waals surface area contributed by atoms with E-state index in [1.165, 1.54) is 0 Å². The van der Waals surface area contributed by atoms with Gasteiger partial charge in [-0.25, -0.2) is 4.98 Å². The Kier molecular flexibility index (Phi) is 5.93. The molecule has 132 valence electrons. The van der Waals surface area contributed by atoms with Crippen LogP contribution in [0.2, 0.25) is 0 Å². The van der Waals surface area contributed by atoms with Gasteiger partial charge in [-0.3, -0.25) is 9.78 Å². The zero-order valence-electron chi connectivity index (χ0n) is 14.7. The van der Waals surface area contributed by atoms with Crippen LogP contribution in [0.4, 0.5) is 0 Å². The Balaban J connectivity index is 1.52. The van der Waals surface area contributed by atoms with Gasteiger partial charge < -0.3 is 9.64 Å². The third-order valence-electron chi connectivity index (χ3n) is 3.99. The van der Waals surface area contributed by atoms with Crippen molar-refractivity contribution in [3.8, 4) is 5.88 Å². The number of nitrogens with zero attached hydrogens (tertiary/aromatic N) is 3. The SMILES string of the molecule is CN(CCc1ccccn1)C(=O)c1ccc(OCc2ccccc2)nc1. The van der Waals surface area contributed by atoms with Crippen molar-refractivity contribution in [2.24, 2.45) is 0 Å². The minimum Gasteiger partial charge on any atom is -0.473 e. The van der Waals surface area contributed by atoms with E-state index in [9.17, 15) is 4.79 Å². The van der Waals surface area contributed by atoms with Crippen molar-refractivity contribution in [2.75, 3.05) is 13.6 Å². The van der Waals surface area contributed by atoms with Crippen LogP contribution in [0.5, 0.6) is 5.88 Å². The van der Waals surface area contributed by atoms with E-state index in [4.69, 9.17) is 4.74 Å². The first-order valence-corrected chi connectivity index (χ1v) is 8.50. The predicted molar refractivity (Wildman–Crippen MR) is 99.9 cm³/mol. The second-order valence-corrected chi connectivity index (χ2v) is 5.96. The van der Waals surface area contributed by atoms with Gasteiger partial charge in [0.25, 0.3) is 5.91 Å². The summed E-state index contributed by atoms with van der Waals surface area (Å²) in [6.07, 6.45) is 4.03. The summed E-state index contributed by atoms with van der Waals surface area (Å²) in [6, 6.07) is 19.1. The second-order valence-electron chi connectivity index (χ2n) is 5.96. The topological polar surface area (TPSA) is 55.3 Å². The van der Waals surface area contributed by atoms with Crippen molar-refractivity contribution in [1.29, 1.82) is 0 Å². The molecule has 0 aliphatic heterocycles. The molecular formula is C21H21N3O2. The van der Waals surface area contributed by atoms with Crippen molar-refractivity contribution < 1.29 is 9.53 Å². The van der Waals surface area contributed by atoms with E-state index >= 15 is 0 Å². The van der Waals surface area contributed by atoms with Gasteiger partial charge in [0.1, 0.15) is 6.61 Å². The summed E-state index contributed by atoms with van der Waals surface area (Å²) >= 11 is 0. The van der Waals surface area contributed by atoms with Crippen LogP contribution in [0.25, 0.3) is 0 Å². The van der Waals surface area contributed by atoms with Gasteiger partial charge in [0, 0.05) is 44.2 Å². The summed E-state index contributed by atoms with van der Waals surface area (Å²) in [7, 11) is 1.78. The second kappa shape index (κ2) is 8.76. The maximum absolute atomic E-state index is 12.5. The van der Waals surface area contributed by atoms with Crippen LogP contribution in [-0.2, 0) is 13.0 Å². The molecule has 0 N–H and O–H groups in total. The van der Waals surface area contributed by atoms with Crippen LogP contribution in [0.1, 0.15) is 21.6 Å². The normalized spacial score (nSPS) is 10.3. The number of pyridine rings is 2. The summed E-state index contributed by atoms with van der Waals surface area (Å²) < 4.78 is 5.65. The maximum atomic E-state index is 12.5. The molecule has 0 fully saturated rings. The largest absolute Gasteiger partial charge is 0.473 e. The van der Waals surface area contributed by atoms with Crippen LogP contribution >= 0.6 is 0 Å². The lowest BCUT2D eigenvalue weighted by atomic mass is 10.2. The van der Waals surface area contributed by atoms with Gasteiger partial charge in [0.2, 0.25) is 5.88 Å². The smallest absolute Gasteiger partial charge is 0.255 e. The van der Waals surface area contributed by atoms with Crippen LogP contribution in [0.3, 0.4) is 0 Å². The lowest BCUT2D eigenvalue weighted by Gasteiger charge is -2.17. The maximum Gasteiger partial charge on any atom is 0.255 e. The molecule has 0 unspecified atom stereocenters. The van der Waals surface area contributed by atoms with Crippen molar-refractivity contribution in [2.45, 2.75) is 13.0 Å². The van der Waals surface area contributed by atoms with Crippen LogP contribution < -0.4 is 4.74 Å². The summed E-state index contributed by atoms with van der Waals surface area (Å²) in [5, 5.41) is 0. The number of amides is 1. The number of hydrogen-bond acceptors (Lipinski definition) is 4. The number of ether oxygens (including phenoxy) is 1. The number of hydrogen-bond donors (Lipinski definition) is 0. The van der Waals surface area contributed by atoms with Gasteiger partial charge in [0.15, 0.2) is 0 Å². The van der Waals surface area contributed by atoms with Gasteiger partial charge in [-0.05, 0) is 23.8 Å². The molecule has 2 heterocycles. The van der Waals surface area contributed by atoms with E-state index in [1.807, 2.05) is 48.5 Å². The predicted octanol–water partition coefficient (Wildman–Crippen LogP) is 3.37. The van der Waals surface area contributed by atoms with E-state index < -0.39 is 0 Å². The minimum atomic E-state index is -0.0666. The Morgan fingerprint density at radius 2 is 1.81 bits per heavy atom. The Morgan fingerprint density at radius 1 is 1.00 bits per heavy atom. The van der Waals surface area contributed by atoms with E-state index in [-0.39, 0.29) is 5.91 Å². The van der Waals surface area contributed by atoms with Crippen molar-refractivity contribution in [1.82, 2.24) is 14.9 Å². The molecule has 0 aliphatic rings. The zero-order chi connectivity index (χ0) is 18.2. The summed E-state index contributed by atoms with van der Waals surface area (Å²) in [4.78, 5) is 22.7. The molecule has 5 nitrogen and oxygen atoms in total. The van der Waals surface area contributed by atoms with E-state index in [0.29, 0.717) is 24.6 Å². The minimum absolute atomic E-state index is 0.0666. The first-order valence-electron chi connectivity index (χ1n) is 8.50. The summed E-state index contributed by atoms with van der Waals surface area (Å²) in [6.45, 7) is 1.05. The van der Waals surface area contributed by atoms with Crippen molar-refractivity contribution in [3.63, 3.8) is 0 Å². The highest BCUT2D eigenvalue weighted by molar-refractivity contribution is 5.93. The van der Waals surface area contributed by atoms with Gasteiger partial charge in [-0.1, -0.05) is 36.4 Å². The molecule has 5 heteroatoms. The number of benzene rings is 1. The van der Waals surface area contributed by atoms with Crippen LogP contribution in [0.15, 0.2) is 73.1 Å². The summed E-state index contributed by atoms with van der Waals surface area (Å²) in [5.41, 5.74) is 2.58. The molecule has 0 radical (unpaired) electrons. The average molecular weight is 347 g/mol. The number of carbonyl (C=O) groups is 1. The van der Waals surface area contributed by atoms with E-state index in [1.54, 1.807) is 36.5 Å². The number of carbonyl (C=O) groups excluding carboxylic acids is 1. The molecular weight excluding hydrogens is 326 g/mol. The standard InChI is InChI=1S/C21H21N3O2/c1-24(14-12-19-9-5-6-13-22-19)21(25)18-10-11-20(23-15-18)26-16-17-7-3-2-4-8-17/h2-11,13,15H,12,14,16H2,1H3. The van der Waals surface area contributed by atoms with Crippen LogP contribution in [0, 0.1) is 0 Å². The van der Waals surface area contributed by atoms with Gasteiger partial charge in [-0.15, -0.1) is 0 Å². The Labute approximate surface area is 153 Å². The highest BCUT2D eigenvalue weighted by Gasteiger charge is 2.12. The molecule has 26 heavy (non-hydrogen) atoms. The first-order chi connectivity index (χ1) is 12.7. The Bertz CT molecular complexity index is 821. The molecule has 0 saturated carbocycles. The highest BCUT2D eigenvalue weighted by Crippen LogP contribution is 2.12.